The second-order valence-electron chi connectivity index (χ2n) is 13.9. The maximum Gasteiger partial charge on any atom is 0.179 e. The van der Waals surface area contributed by atoms with E-state index >= 15 is 0 Å². The highest BCUT2D eigenvalue weighted by Gasteiger charge is 2.41. The van der Waals surface area contributed by atoms with Crippen molar-refractivity contribution in [1.29, 1.82) is 10.5 Å². The second-order valence-corrected chi connectivity index (χ2v) is 17.7. The molecule has 0 N–H and O–H groups in total. The van der Waals surface area contributed by atoms with Crippen LogP contribution in [0, 0.1) is 22.7 Å². The van der Waals surface area contributed by atoms with E-state index in [1.165, 1.54) is 20.7 Å². The summed E-state index contributed by atoms with van der Waals surface area (Å²) in [5, 5.41) is 29.9. The molecule has 0 fully saturated rings. The Balaban J connectivity index is 1.31. The van der Waals surface area contributed by atoms with Crippen molar-refractivity contribution in [2.45, 2.75) is 0 Å². The summed E-state index contributed by atoms with van der Waals surface area (Å²) >= 11 is 0. The van der Waals surface area contributed by atoms with Crippen LogP contribution in [-0.4, -0.2) is 17.2 Å². The molecule has 0 aliphatic rings. The number of benzene rings is 8. The molecule has 8 aromatic carbocycles. The maximum atomic E-state index is 10.7. The van der Waals surface area contributed by atoms with Crippen LogP contribution in [0.1, 0.15) is 11.1 Å². The van der Waals surface area contributed by atoms with Crippen molar-refractivity contribution in [3.05, 3.63) is 205 Å². The third-order valence-electron chi connectivity index (χ3n) is 11.1. The lowest BCUT2D eigenvalue weighted by Gasteiger charge is -2.34. The molecular weight excluding hydrogens is 685 g/mol. The molecule has 10 aromatic rings. The summed E-state index contributed by atoms with van der Waals surface area (Å²) in [6.07, 6.45) is 0. The lowest BCUT2D eigenvalue weighted by Crippen LogP contribution is -2.74. The predicted molar refractivity (Wildman–Crippen MR) is 228 cm³/mol. The Bertz CT molecular complexity index is 3070. The minimum atomic E-state index is -2.80. The first kappa shape index (κ1) is 32.2. The fraction of sp³-hybridized carbons (Fsp3) is 0. The summed E-state index contributed by atoms with van der Waals surface area (Å²) < 4.78 is 4.58. The van der Waals surface area contributed by atoms with Crippen molar-refractivity contribution in [2.75, 3.05) is 0 Å². The van der Waals surface area contributed by atoms with Gasteiger partial charge in [0.15, 0.2) is 8.07 Å². The van der Waals surface area contributed by atoms with Gasteiger partial charge in [-0.2, -0.15) is 10.5 Å². The molecule has 2 aromatic heterocycles. The number of nitriles is 2. The first-order valence-corrected chi connectivity index (χ1v) is 20.4. The number of fused-ring (bicyclic) bond motifs is 6. The number of aromatic nitrogens is 2. The minimum absolute atomic E-state index is 0.583. The Kier molecular flexibility index (Phi) is 7.56. The molecule has 5 heteroatoms. The molecule has 0 spiro atoms. The van der Waals surface area contributed by atoms with Gasteiger partial charge in [0.25, 0.3) is 0 Å². The van der Waals surface area contributed by atoms with Crippen LogP contribution in [-0.2, 0) is 0 Å². The molecule has 2 heterocycles. The van der Waals surface area contributed by atoms with Gasteiger partial charge in [-0.3, -0.25) is 0 Å². The largest absolute Gasteiger partial charge is 0.309 e. The molecule has 0 radical (unpaired) electrons. The lowest BCUT2D eigenvalue weighted by atomic mass is 10.1. The Labute approximate surface area is 319 Å². The highest BCUT2D eigenvalue weighted by atomic mass is 28.3. The quantitative estimate of drug-likeness (QED) is 0.127. The van der Waals surface area contributed by atoms with E-state index in [-0.39, 0.29) is 0 Å². The van der Waals surface area contributed by atoms with E-state index in [4.69, 9.17) is 0 Å². The summed E-state index contributed by atoms with van der Waals surface area (Å²) in [5.41, 5.74) is 7.09. The zero-order valence-electron chi connectivity index (χ0n) is 29.8. The number of rotatable bonds is 6. The Morgan fingerprint density at radius 1 is 0.382 bits per heavy atom. The van der Waals surface area contributed by atoms with Crippen molar-refractivity contribution in [3.63, 3.8) is 0 Å². The Morgan fingerprint density at radius 3 is 1.53 bits per heavy atom. The zero-order valence-corrected chi connectivity index (χ0v) is 30.8. The molecule has 0 aliphatic heterocycles. The van der Waals surface area contributed by atoms with Crippen molar-refractivity contribution in [2.24, 2.45) is 0 Å². The zero-order chi connectivity index (χ0) is 36.9. The average Bonchev–Trinajstić information content (AvgIpc) is 3.77. The van der Waals surface area contributed by atoms with E-state index in [1.807, 2.05) is 36.4 Å². The molecule has 256 valence electrons. The number of nitrogens with zero attached hydrogens (tertiary/aromatic N) is 4. The number of hydrogen-bond donors (Lipinski definition) is 0. The van der Waals surface area contributed by atoms with Crippen molar-refractivity contribution in [1.82, 2.24) is 9.13 Å². The van der Waals surface area contributed by atoms with E-state index < -0.39 is 8.07 Å². The normalized spacial score (nSPS) is 11.6. The van der Waals surface area contributed by atoms with Gasteiger partial charge in [-0.05, 0) is 75.3 Å². The van der Waals surface area contributed by atoms with Gasteiger partial charge in [-0.1, -0.05) is 140 Å². The summed E-state index contributed by atoms with van der Waals surface area (Å²) in [4.78, 5) is 0. The van der Waals surface area contributed by atoms with Crippen molar-refractivity contribution < 1.29 is 0 Å². The van der Waals surface area contributed by atoms with Crippen LogP contribution in [0.4, 0.5) is 0 Å². The van der Waals surface area contributed by atoms with Gasteiger partial charge < -0.3 is 9.13 Å². The summed E-state index contributed by atoms with van der Waals surface area (Å²) in [5.74, 6) is 0. The molecule has 10 rings (SSSR count). The summed E-state index contributed by atoms with van der Waals surface area (Å²) in [7, 11) is -2.80. The van der Waals surface area contributed by atoms with Crippen LogP contribution in [0.3, 0.4) is 0 Å². The third kappa shape index (κ3) is 4.81. The molecule has 0 saturated carbocycles. The summed E-state index contributed by atoms with van der Waals surface area (Å²) in [6.45, 7) is 0. The van der Waals surface area contributed by atoms with Crippen molar-refractivity contribution >= 4 is 72.4 Å². The SMILES string of the molecule is N#Cc1ccc2c(c1)c1ccccc1n2-c1c(C#N)ccc2c1c1ccccc1n2-c1cccc([Si](c2ccccc2)(c2ccccc2)c2ccccc2)c1. The molecule has 4 nitrogen and oxygen atoms in total. The van der Waals surface area contributed by atoms with E-state index in [9.17, 15) is 10.5 Å². The van der Waals surface area contributed by atoms with Crippen LogP contribution in [0.25, 0.3) is 55.0 Å². The Morgan fingerprint density at radius 2 is 0.909 bits per heavy atom. The first-order valence-electron chi connectivity index (χ1n) is 18.4. The van der Waals surface area contributed by atoms with Gasteiger partial charge in [-0.15, -0.1) is 0 Å². The van der Waals surface area contributed by atoms with E-state index in [1.54, 1.807) is 0 Å². The van der Waals surface area contributed by atoms with Gasteiger partial charge in [0.2, 0.25) is 0 Å². The molecule has 0 amide bonds. The van der Waals surface area contributed by atoms with Gasteiger partial charge in [0, 0.05) is 27.2 Å². The van der Waals surface area contributed by atoms with Crippen LogP contribution < -0.4 is 20.7 Å². The van der Waals surface area contributed by atoms with E-state index in [0.717, 1.165) is 55.0 Å². The Hall–Kier alpha value is -7.44. The van der Waals surface area contributed by atoms with Crippen molar-refractivity contribution in [3.8, 4) is 23.5 Å². The fourth-order valence-electron chi connectivity index (χ4n) is 8.87. The summed E-state index contributed by atoms with van der Waals surface area (Å²) in [6, 6.07) is 73.6. The van der Waals surface area contributed by atoms with Crippen LogP contribution >= 0.6 is 0 Å². The molecule has 0 unspecified atom stereocenters. The monoisotopic (exact) mass is 716 g/mol. The van der Waals surface area contributed by atoms with Gasteiger partial charge >= 0.3 is 0 Å². The molecule has 55 heavy (non-hydrogen) atoms. The molecule has 0 atom stereocenters. The second kappa shape index (κ2) is 12.9. The highest BCUT2D eigenvalue weighted by Crippen LogP contribution is 2.41. The average molecular weight is 717 g/mol. The maximum absolute atomic E-state index is 10.7. The smallest absolute Gasteiger partial charge is 0.179 e. The highest BCUT2D eigenvalue weighted by molar-refractivity contribution is 7.19. The van der Waals surface area contributed by atoms with E-state index in [2.05, 4.69) is 179 Å². The van der Waals surface area contributed by atoms with Crippen LogP contribution in [0.2, 0.25) is 0 Å². The third-order valence-corrected chi connectivity index (χ3v) is 15.9. The van der Waals surface area contributed by atoms with E-state index in [0.29, 0.717) is 11.1 Å². The van der Waals surface area contributed by atoms with Crippen LogP contribution in [0.5, 0.6) is 0 Å². The number of para-hydroxylation sites is 2. The molecule has 0 bridgehead atoms. The van der Waals surface area contributed by atoms with Crippen LogP contribution in [0.15, 0.2) is 194 Å². The van der Waals surface area contributed by atoms with Gasteiger partial charge in [0.1, 0.15) is 6.07 Å². The van der Waals surface area contributed by atoms with Gasteiger partial charge in [0.05, 0.1) is 45.0 Å². The standard InChI is InChI=1S/C50H32N4Si/c51-33-35-27-29-47-44(31-35)42-23-10-12-25-45(42)54(47)50-36(34-52)28-30-48-49(50)43-24-11-13-26-46(43)53(48)37-15-14-22-41(32-37)55(38-16-4-1-5-17-38,39-18-6-2-7-19-39)40-20-8-3-9-21-40/h1-32H. The predicted octanol–water partition coefficient (Wildman–Crippen LogP) is 9.00. The number of hydrogen-bond acceptors (Lipinski definition) is 2. The minimum Gasteiger partial charge on any atom is -0.309 e. The van der Waals surface area contributed by atoms with Gasteiger partial charge in [-0.25, -0.2) is 0 Å². The first-order chi connectivity index (χ1) is 27.2. The molecular formula is C50H32N4Si. The molecule has 0 saturated heterocycles. The lowest BCUT2D eigenvalue weighted by molar-refractivity contribution is 1.16. The molecule has 0 aliphatic carbocycles. The fourth-order valence-corrected chi connectivity index (χ4v) is 13.7. The topological polar surface area (TPSA) is 57.4 Å².